The van der Waals surface area contributed by atoms with E-state index in [0.29, 0.717) is 6.61 Å². The van der Waals surface area contributed by atoms with Crippen molar-refractivity contribution < 1.29 is 9.84 Å². The molecule has 2 fully saturated rings. The molecule has 3 nitrogen and oxygen atoms in total. The summed E-state index contributed by atoms with van der Waals surface area (Å²) in [5.41, 5.74) is 0.358. The average molecular weight is 227 g/mol. The number of piperidine rings is 1. The molecule has 0 aromatic rings. The second kappa shape index (κ2) is 4.28. The Balaban J connectivity index is 1.89. The van der Waals surface area contributed by atoms with Crippen LogP contribution in [0, 0.1) is 0 Å². The van der Waals surface area contributed by atoms with E-state index in [1.165, 1.54) is 0 Å². The van der Waals surface area contributed by atoms with Gasteiger partial charge in [0.25, 0.3) is 0 Å². The summed E-state index contributed by atoms with van der Waals surface area (Å²) in [6.45, 7) is 9.61. The van der Waals surface area contributed by atoms with Crippen molar-refractivity contribution in [3.05, 3.63) is 0 Å². The Bertz CT molecular complexity index is 229. The van der Waals surface area contributed by atoms with Crippen LogP contribution in [0.25, 0.3) is 0 Å². The third-order valence-corrected chi connectivity index (χ3v) is 4.14. The Labute approximate surface area is 98.8 Å². The molecule has 2 saturated heterocycles. The van der Waals surface area contributed by atoms with Crippen LogP contribution >= 0.6 is 0 Å². The van der Waals surface area contributed by atoms with Gasteiger partial charge in [0.1, 0.15) is 0 Å². The molecule has 2 aliphatic heterocycles. The smallest absolute Gasteiger partial charge is 0.0775 e. The fourth-order valence-electron chi connectivity index (χ4n) is 2.84. The molecular formula is C13H25NO2. The summed E-state index contributed by atoms with van der Waals surface area (Å²) in [6, 6.07) is 0. The molecule has 0 saturated carbocycles. The third-order valence-electron chi connectivity index (χ3n) is 4.14. The predicted octanol–water partition coefficient (Wildman–Crippen LogP) is 1.79. The molecule has 2 aliphatic rings. The number of nitrogens with zero attached hydrogens (tertiary/aromatic N) is 1. The summed E-state index contributed by atoms with van der Waals surface area (Å²) in [5.74, 6) is 0. The third kappa shape index (κ3) is 2.58. The van der Waals surface area contributed by atoms with Gasteiger partial charge in [-0.15, -0.1) is 0 Å². The predicted molar refractivity (Wildman–Crippen MR) is 64.5 cm³/mol. The van der Waals surface area contributed by atoms with E-state index in [1.807, 2.05) is 0 Å². The normalized spacial score (nSPS) is 31.9. The fraction of sp³-hybridized carbons (Fsp3) is 1.00. The molecule has 0 bridgehead atoms. The Morgan fingerprint density at radius 1 is 1.19 bits per heavy atom. The second-order valence-corrected chi connectivity index (χ2v) is 6.34. The van der Waals surface area contributed by atoms with E-state index in [9.17, 15) is 5.11 Å². The summed E-state index contributed by atoms with van der Waals surface area (Å²) in [6.07, 6.45) is 3.96. The Morgan fingerprint density at radius 2 is 1.81 bits per heavy atom. The molecule has 0 aromatic heterocycles. The summed E-state index contributed by atoms with van der Waals surface area (Å²) in [7, 11) is 0. The van der Waals surface area contributed by atoms with Gasteiger partial charge in [-0.3, -0.25) is 4.90 Å². The minimum absolute atomic E-state index is 0.0843. The molecule has 1 atom stereocenters. The van der Waals surface area contributed by atoms with Gasteiger partial charge < -0.3 is 9.84 Å². The van der Waals surface area contributed by atoms with Gasteiger partial charge in [-0.05, 0) is 46.5 Å². The van der Waals surface area contributed by atoms with Gasteiger partial charge in [-0.2, -0.15) is 0 Å². The van der Waals surface area contributed by atoms with Crippen LogP contribution in [-0.2, 0) is 4.74 Å². The van der Waals surface area contributed by atoms with Crippen LogP contribution in [0.4, 0.5) is 0 Å². The summed E-state index contributed by atoms with van der Waals surface area (Å²) in [4.78, 5) is 2.53. The van der Waals surface area contributed by atoms with Gasteiger partial charge in [0.05, 0.1) is 18.3 Å². The molecule has 0 amide bonds. The number of aliphatic hydroxyl groups excluding tert-OH is 1. The Kier molecular flexibility index (Phi) is 3.30. The first-order chi connectivity index (χ1) is 7.41. The maximum atomic E-state index is 9.47. The highest BCUT2D eigenvalue weighted by Crippen LogP contribution is 2.36. The highest BCUT2D eigenvalue weighted by molar-refractivity contribution is 4.93. The molecule has 94 valence electrons. The maximum absolute atomic E-state index is 9.47. The maximum Gasteiger partial charge on any atom is 0.0775 e. The number of ether oxygens (including phenoxy) is 1. The van der Waals surface area contributed by atoms with E-state index in [1.54, 1.807) is 0 Å². The van der Waals surface area contributed by atoms with Crippen LogP contribution in [-0.4, -0.2) is 46.9 Å². The van der Waals surface area contributed by atoms with Crippen molar-refractivity contribution in [3.8, 4) is 0 Å². The van der Waals surface area contributed by atoms with Crippen molar-refractivity contribution >= 4 is 0 Å². The van der Waals surface area contributed by atoms with E-state index < -0.39 is 0 Å². The molecule has 0 radical (unpaired) electrons. The highest BCUT2D eigenvalue weighted by Gasteiger charge is 2.40. The number of hydrogen-bond acceptors (Lipinski definition) is 3. The molecule has 16 heavy (non-hydrogen) atoms. The molecule has 1 spiro atoms. The zero-order valence-corrected chi connectivity index (χ0v) is 10.8. The van der Waals surface area contributed by atoms with Gasteiger partial charge in [0, 0.05) is 18.6 Å². The van der Waals surface area contributed by atoms with Gasteiger partial charge in [-0.1, -0.05) is 0 Å². The first kappa shape index (κ1) is 12.3. The number of aliphatic hydroxyl groups is 1. The SMILES string of the molecule is CC(C)(C)N1CCC2(CCC(O)CO2)CC1. The van der Waals surface area contributed by atoms with Crippen molar-refractivity contribution in [2.24, 2.45) is 0 Å². The van der Waals surface area contributed by atoms with Crippen molar-refractivity contribution in [1.82, 2.24) is 4.90 Å². The lowest BCUT2D eigenvalue weighted by Gasteiger charge is -2.48. The topological polar surface area (TPSA) is 32.7 Å². The average Bonchev–Trinajstić information content (AvgIpc) is 2.22. The van der Waals surface area contributed by atoms with Crippen LogP contribution < -0.4 is 0 Å². The van der Waals surface area contributed by atoms with Gasteiger partial charge >= 0.3 is 0 Å². The molecule has 1 N–H and O–H groups in total. The molecule has 2 rings (SSSR count). The lowest BCUT2D eigenvalue weighted by molar-refractivity contribution is -0.152. The second-order valence-electron chi connectivity index (χ2n) is 6.34. The zero-order chi connectivity index (χ0) is 11.8. The first-order valence-electron chi connectivity index (χ1n) is 6.48. The fourth-order valence-corrected chi connectivity index (χ4v) is 2.84. The van der Waals surface area contributed by atoms with Crippen molar-refractivity contribution in [2.75, 3.05) is 19.7 Å². The van der Waals surface area contributed by atoms with Gasteiger partial charge in [-0.25, -0.2) is 0 Å². The lowest BCUT2D eigenvalue weighted by atomic mass is 9.82. The molecule has 0 aromatic carbocycles. The van der Waals surface area contributed by atoms with E-state index >= 15 is 0 Å². The largest absolute Gasteiger partial charge is 0.391 e. The number of rotatable bonds is 0. The van der Waals surface area contributed by atoms with Crippen molar-refractivity contribution in [1.29, 1.82) is 0 Å². The van der Waals surface area contributed by atoms with Crippen molar-refractivity contribution in [2.45, 2.75) is 63.7 Å². The summed E-state index contributed by atoms with van der Waals surface area (Å²) < 4.78 is 5.90. The zero-order valence-electron chi connectivity index (χ0n) is 10.8. The Hall–Kier alpha value is -0.120. The molecule has 0 aliphatic carbocycles. The molecular weight excluding hydrogens is 202 g/mol. The van der Waals surface area contributed by atoms with Crippen molar-refractivity contribution in [3.63, 3.8) is 0 Å². The van der Waals surface area contributed by atoms with Crippen LogP contribution in [0.2, 0.25) is 0 Å². The Morgan fingerprint density at radius 3 is 2.25 bits per heavy atom. The standard InChI is InChI=1S/C13H25NO2/c1-12(2,3)14-8-6-13(7-9-14)5-4-11(15)10-16-13/h11,15H,4-10H2,1-3H3. The number of hydrogen-bond donors (Lipinski definition) is 1. The molecule has 1 unspecified atom stereocenters. The summed E-state index contributed by atoms with van der Waals surface area (Å²) >= 11 is 0. The summed E-state index contributed by atoms with van der Waals surface area (Å²) in [5, 5.41) is 9.47. The van der Waals surface area contributed by atoms with Crippen LogP contribution in [0.15, 0.2) is 0 Å². The molecule has 3 heteroatoms. The highest BCUT2D eigenvalue weighted by atomic mass is 16.5. The minimum Gasteiger partial charge on any atom is -0.391 e. The monoisotopic (exact) mass is 227 g/mol. The quantitative estimate of drug-likeness (QED) is 0.685. The molecule has 2 heterocycles. The van der Waals surface area contributed by atoms with Crippen LogP contribution in [0.5, 0.6) is 0 Å². The van der Waals surface area contributed by atoms with Gasteiger partial charge in [0.15, 0.2) is 0 Å². The van der Waals surface area contributed by atoms with E-state index in [2.05, 4.69) is 25.7 Å². The van der Waals surface area contributed by atoms with E-state index in [4.69, 9.17) is 4.74 Å². The lowest BCUT2D eigenvalue weighted by Crippen LogP contribution is -2.54. The van der Waals surface area contributed by atoms with E-state index in [0.717, 1.165) is 38.8 Å². The van der Waals surface area contributed by atoms with Crippen LogP contribution in [0.1, 0.15) is 46.5 Å². The number of likely N-dealkylation sites (tertiary alicyclic amines) is 1. The van der Waals surface area contributed by atoms with Crippen LogP contribution in [0.3, 0.4) is 0 Å². The van der Waals surface area contributed by atoms with E-state index in [-0.39, 0.29) is 17.2 Å². The first-order valence-corrected chi connectivity index (χ1v) is 6.48. The van der Waals surface area contributed by atoms with Gasteiger partial charge in [0.2, 0.25) is 0 Å². The minimum atomic E-state index is -0.230.